The Balaban J connectivity index is 2.88. The molecule has 0 amide bonds. The van der Waals surface area contributed by atoms with Crippen molar-refractivity contribution >= 4 is 11.0 Å². The quantitative estimate of drug-likeness (QED) is 0.579. The van der Waals surface area contributed by atoms with Gasteiger partial charge in [0.1, 0.15) is 5.82 Å². The number of rotatable bonds is 0. The van der Waals surface area contributed by atoms with Gasteiger partial charge in [-0.1, -0.05) is 0 Å². The first-order chi connectivity index (χ1) is 4.86. The molecular formula is C7H5N3. The molecule has 2 heterocycles. The summed E-state index contributed by atoms with van der Waals surface area (Å²) in [6.45, 7) is 5.40. The summed E-state index contributed by atoms with van der Waals surface area (Å²) < 4.78 is 0. The molecule has 2 rings (SSSR count). The van der Waals surface area contributed by atoms with E-state index in [9.17, 15) is 0 Å². The topological polar surface area (TPSA) is 41.6 Å². The fraction of sp³-hybridized carbons (Fsp3) is 0. The summed E-state index contributed by atoms with van der Waals surface area (Å²) in [4.78, 5) is 10.8. The molecule has 10 heavy (non-hydrogen) atoms. The van der Waals surface area contributed by atoms with Crippen LogP contribution in [0.4, 0.5) is 0 Å². The zero-order valence-corrected chi connectivity index (χ0v) is 5.20. The Kier molecular flexibility index (Phi) is 0.974. The van der Waals surface area contributed by atoms with Gasteiger partial charge in [-0.25, -0.2) is 4.98 Å². The van der Waals surface area contributed by atoms with Crippen molar-refractivity contribution in [3.8, 4) is 0 Å². The second kappa shape index (κ2) is 1.80. The lowest BCUT2D eigenvalue weighted by Crippen LogP contribution is -1.69. The van der Waals surface area contributed by atoms with Crippen molar-refractivity contribution in [2.45, 2.75) is 0 Å². The minimum Gasteiger partial charge on any atom is -0.340 e. The average molecular weight is 131 g/mol. The number of aromatic amines is 1. The van der Waals surface area contributed by atoms with Crippen molar-refractivity contribution in [2.24, 2.45) is 0 Å². The van der Waals surface area contributed by atoms with Gasteiger partial charge in [-0.15, -0.1) is 0 Å². The molecule has 0 saturated carbocycles. The number of hydrogen-bond donors (Lipinski definition) is 1. The fourth-order valence-electron chi connectivity index (χ4n) is 0.877. The van der Waals surface area contributed by atoms with Gasteiger partial charge < -0.3 is 4.98 Å². The van der Waals surface area contributed by atoms with Crippen LogP contribution < -0.4 is 0 Å². The number of imidazole rings is 1. The SMILES string of the molecule is [CH]c1nc2ccncc2[nH]1. The molecule has 0 unspecified atom stereocenters. The maximum absolute atomic E-state index is 5.40. The van der Waals surface area contributed by atoms with Crippen molar-refractivity contribution < 1.29 is 0 Å². The molecule has 0 fully saturated rings. The van der Waals surface area contributed by atoms with Crippen molar-refractivity contribution in [1.82, 2.24) is 15.0 Å². The van der Waals surface area contributed by atoms with Gasteiger partial charge >= 0.3 is 0 Å². The molecule has 1 N–H and O–H groups in total. The normalized spacial score (nSPS) is 10.5. The lowest BCUT2D eigenvalue weighted by molar-refractivity contribution is 1.25. The molecule has 3 heteroatoms. The lowest BCUT2D eigenvalue weighted by Gasteiger charge is -1.80. The van der Waals surface area contributed by atoms with Crippen molar-refractivity contribution in [3.63, 3.8) is 0 Å². The zero-order valence-electron chi connectivity index (χ0n) is 5.20. The molecule has 0 spiro atoms. The summed E-state index contributed by atoms with van der Waals surface area (Å²) >= 11 is 0. The first kappa shape index (κ1) is 5.41. The van der Waals surface area contributed by atoms with Crippen LogP contribution in [0, 0.1) is 6.92 Å². The van der Waals surface area contributed by atoms with Crippen LogP contribution in [0.25, 0.3) is 11.0 Å². The van der Waals surface area contributed by atoms with E-state index in [1.54, 1.807) is 12.4 Å². The van der Waals surface area contributed by atoms with E-state index in [0.29, 0.717) is 5.82 Å². The van der Waals surface area contributed by atoms with Gasteiger partial charge in [0.05, 0.1) is 17.2 Å². The monoisotopic (exact) mass is 131 g/mol. The number of hydrogen-bond acceptors (Lipinski definition) is 2. The Hall–Kier alpha value is -1.38. The highest BCUT2D eigenvalue weighted by molar-refractivity contribution is 5.73. The van der Waals surface area contributed by atoms with Crippen molar-refractivity contribution in [3.05, 3.63) is 31.2 Å². The molecule has 0 aliphatic rings. The van der Waals surface area contributed by atoms with Crippen LogP contribution in [0.3, 0.4) is 0 Å². The minimum atomic E-state index is 0.433. The van der Waals surface area contributed by atoms with Crippen molar-refractivity contribution in [2.75, 3.05) is 0 Å². The third-order valence-electron chi connectivity index (χ3n) is 1.30. The number of nitrogens with one attached hydrogen (secondary N) is 1. The Bertz CT molecular complexity index is 317. The van der Waals surface area contributed by atoms with E-state index in [0.717, 1.165) is 11.0 Å². The minimum absolute atomic E-state index is 0.433. The maximum Gasteiger partial charge on any atom is 0.111 e. The van der Waals surface area contributed by atoms with E-state index in [2.05, 4.69) is 15.0 Å². The van der Waals surface area contributed by atoms with Crippen LogP contribution >= 0.6 is 0 Å². The molecule has 0 aliphatic carbocycles. The molecule has 2 radical (unpaired) electrons. The molecule has 0 aliphatic heterocycles. The molecule has 2 aromatic rings. The van der Waals surface area contributed by atoms with Gasteiger partial charge in [0.15, 0.2) is 0 Å². The third kappa shape index (κ3) is 0.673. The first-order valence-electron chi connectivity index (χ1n) is 2.91. The van der Waals surface area contributed by atoms with Gasteiger partial charge in [-0.3, -0.25) is 4.98 Å². The van der Waals surface area contributed by atoms with E-state index in [4.69, 9.17) is 6.92 Å². The smallest absolute Gasteiger partial charge is 0.111 e. The predicted molar refractivity (Wildman–Crippen MR) is 37.3 cm³/mol. The van der Waals surface area contributed by atoms with Crippen LogP contribution in [0.15, 0.2) is 18.5 Å². The standard InChI is InChI=1S/C7H5N3/c1-5-9-6-2-3-8-4-7(6)10-5/h1-4H,(H,9,10). The summed E-state index contributed by atoms with van der Waals surface area (Å²) in [6, 6.07) is 1.81. The molecule has 48 valence electrons. The van der Waals surface area contributed by atoms with Gasteiger partial charge in [0.25, 0.3) is 0 Å². The summed E-state index contributed by atoms with van der Waals surface area (Å²) in [7, 11) is 0. The molecule has 0 bridgehead atoms. The fourth-order valence-corrected chi connectivity index (χ4v) is 0.877. The van der Waals surface area contributed by atoms with Crippen molar-refractivity contribution in [1.29, 1.82) is 0 Å². The molecule has 3 nitrogen and oxygen atoms in total. The number of aromatic nitrogens is 3. The number of H-pyrrole nitrogens is 1. The molecular weight excluding hydrogens is 126 g/mol. The Morgan fingerprint density at radius 1 is 1.50 bits per heavy atom. The molecule has 0 atom stereocenters. The molecule has 0 aromatic carbocycles. The Labute approximate surface area is 58.1 Å². The van der Waals surface area contributed by atoms with Crippen LogP contribution in [-0.2, 0) is 0 Å². The molecule has 0 saturated heterocycles. The van der Waals surface area contributed by atoms with Gasteiger partial charge in [-0.05, 0) is 6.07 Å². The third-order valence-corrected chi connectivity index (χ3v) is 1.30. The summed E-state index contributed by atoms with van der Waals surface area (Å²) in [6.07, 6.45) is 3.38. The van der Waals surface area contributed by atoms with Crippen LogP contribution in [-0.4, -0.2) is 15.0 Å². The second-order valence-electron chi connectivity index (χ2n) is 2.01. The van der Waals surface area contributed by atoms with Gasteiger partial charge in [-0.2, -0.15) is 0 Å². The number of fused-ring (bicyclic) bond motifs is 1. The van der Waals surface area contributed by atoms with Crippen LogP contribution in [0.2, 0.25) is 0 Å². The van der Waals surface area contributed by atoms with E-state index in [1.165, 1.54) is 0 Å². The van der Waals surface area contributed by atoms with E-state index < -0.39 is 0 Å². The zero-order chi connectivity index (χ0) is 6.97. The van der Waals surface area contributed by atoms with Gasteiger partial charge in [0, 0.05) is 13.1 Å². The maximum atomic E-state index is 5.40. The Morgan fingerprint density at radius 2 is 2.40 bits per heavy atom. The lowest BCUT2D eigenvalue weighted by atomic mass is 10.4. The molecule has 2 aromatic heterocycles. The summed E-state index contributed by atoms with van der Waals surface area (Å²) in [5, 5.41) is 0. The highest BCUT2D eigenvalue weighted by atomic mass is 14.9. The van der Waals surface area contributed by atoms with E-state index >= 15 is 0 Å². The number of pyridine rings is 1. The van der Waals surface area contributed by atoms with E-state index in [-0.39, 0.29) is 0 Å². The van der Waals surface area contributed by atoms with Crippen LogP contribution in [0.1, 0.15) is 5.82 Å². The highest BCUT2D eigenvalue weighted by Gasteiger charge is 1.95. The highest BCUT2D eigenvalue weighted by Crippen LogP contribution is 2.06. The number of nitrogens with zero attached hydrogens (tertiary/aromatic N) is 2. The van der Waals surface area contributed by atoms with Crippen LogP contribution in [0.5, 0.6) is 0 Å². The second-order valence-corrected chi connectivity index (χ2v) is 2.01. The Morgan fingerprint density at radius 3 is 3.20 bits per heavy atom. The largest absolute Gasteiger partial charge is 0.340 e. The summed E-state index contributed by atoms with van der Waals surface area (Å²) in [5.74, 6) is 0.433. The predicted octanol–water partition coefficient (Wildman–Crippen LogP) is 1.02. The average Bonchev–Trinajstić information content (AvgIpc) is 2.27. The summed E-state index contributed by atoms with van der Waals surface area (Å²) in [5.41, 5.74) is 1.73. The van der Waals surface area contributed by atoms with E-state index in [1.807, 2.05) is 6.07 Å². The first-order valence-corrected chi connectivity index (χ1v) is 2.91. The van der Waals surface area contributed by atoms with Gasteiger partial charge in [0.2, 0.25) is 0 Å².